The van der Waals surface area contributed by atoms with Crippen LogP contribution in [0.5, 0.6) is 0 Å². The van der Waals surface area contributed by atoms with Crippen LogP contribution in [-0.2, 0) is 11.2 Å². The standard InChI is InChI=1S/C16H21NO/c1-2-12-5-3-4-6-15(12)17-16(18)14-10-11-7-8-13(14)9-11/h3-6,11,13-14H,2,7-10H2,1H3,(H,17,18)/t11-,13-,14-/m0/s1. The Bertz CT molecular complexity index is 454. The quantitative estimate of drug-likeness (QED) is 0.863. The number of hydrogen-bond acceptors (Lipinski definition) is 1. The summed E-state index contributed by atoms with van der Waals surface area (Å²) in [6.45, 7) is 2.13. The van der Waals surface area contributed by atoms with E-state index < -0.39 is 0 Å². The number of anilines is 1. The molecular formula is C16H21NO. The number of aryl methyl sites for hydroxylation is 1. The van der Waals surface area contributed by atoms with Gasteiger partial charge in [0.15, 0.2) is 0 Å². The highest BCUT2D eigenvalue weighted by Gasteiger charge is 2.43. The predicted molar refractivity (Wildman–Crippen MR) is 73.4 cm³/mol. The lowest BCUT2D eigenvalue weighted by molar-refractivity contribution is -0.121. The highest BCUT2D eigenvalue weighted by atomic mass is 16.1. The molecular weight excluding hydrogens is 222 g/mol. The molecule has 1 aromatic carbocycles. The Morgan fingerprint density at radius 2 is 2.11 bits per heavy atom. The van der Waals surface area contributed by atoms with Crippen LogP contribution >= 0.6 is 0 Å². The van der Waals surface area contributed by atoms with Crippen molar-refractivity contribution in [1.82, 2.24) is 0 Å². The van der Waals surface area contributed by atoms with Crippen LogP contribution in [0.3, 0.4) is 0 Å². The third-order valence-electron chi connectivity index (χ3n) is 4.73. The fourth-order valence-electron chi connectivity index (χ4n) is 3.74. The van der Waals surface area contributed by atoms with E-state index in [0.29, 0.717) is 5.92 Å². The summed E-state index contributed by atoms with van der Waals surface area (Å²) >= 11 is 0. The van der Waals surface area contributed by atoms with Crippen LogP contribution in [0, 0.1) is 17.8 Å². The summed E-state index contributed by atoms with van der Waals surface area (Å²) < 4.78 is 0. The largest absolute Gasteiger partial charge is 0.326 e. The summed E-state index contributed by atoms with van der Waals surface area (Å²) in [5, 5.41) is 3.15. The Morgan fingerprint density at radius 3 is 2.78 bits per heavy atom. The Kier molecular flexibility index (Phi) is 3.11. The third-order valence-corrected chi connectivity index (χ3v) is 4.73. The molecule has 2 aliphatic rings. The van der Waals surface area contributed by atoms with Crippen molar-refractivity contribution in [2.45, 2.75) is 39.0 Å². The minimum Gasteiger partial charge on any atom is -0.326 e. The van der Waals surface area contributed by atoms with E-state index in [2.05, 4.69) is 18.3 Å². The molecule has 0 radical (unpaired) electrons. The number of nitrogens with one attached hydrogen (secondary N) is 1. The van der Waals surface area contributed by atoms with Gasteiger partial charge in [-0.25, -0.2) is 0 Å². The predicted octanol–water partition coefficient (Wildman–Crippen LogP) is 3.62. The molecule has 2 saturated carbocycles. The summed E-state index contributed by atoms with van der Waals surface area (Å²) in [5.74, 6) is 2.01. The molecule has 1 N–H and O–H groups in total. The van der Waals surface area contributed by atoms with Crippen LogP contribution in [0.4, 0.5) is 5.69 Å². The number of fused-ring (bicyclic) bond motifs is 2. The smallest absolute Gasteiger partial charge is 0.227 e. The van der Waals surface area contributed by atoms with Crippen LogP contribution in [0.25, 0.3) is 0 Å². The van der Waals surface area contributed by atoms with Gasteiger partial charge in [0.05, 0.1) is 0 Å². The molecule has 2 nitrogen and oxygen atoms in total. The number of carbonyl (C=O) groups excluding carboxylic acids is 1. The summed E-state index contributed by atoms with van der Waals surface area (Å²) in [5.41, 5.74) is 2.24. The highest BCUT2D eigenvalue weighted by Crippen LogP contribution is 2.48. The molecule has 1 amide bonds. The van der Waals surface area contributed by atoms with E-state index in [4.69, 9.17) is 0 Å². The molecule has 3 rings (SSSR count). The van der Waals surface area contributed by atoms with Crippen molar-refractivity contribution in [2.24, 2.45) is 17.8 Å². The molecule has 3 atom stereocenters. The van der Waals surface area contributed by atoms with Crippen molar-refractivity contribution in [2.75, 3.05) is 5.32 Å². The summed E-state index contributed by atoms with van der Waals surface area (Å²) in [7, 11) is 0. The third kappa shape index (κ3) is 2.05. The first kappa shape index (κ1) is 11.8. The van der Waals surface area contributed by atoms with E-state index in [-0.39, 0.29) is 11.8 Å². The lowest BCUT2D eigenvalue weighted by Crippen LogP contribution is -2.27. The normalized spacial score (nSPS) is 29.5. The number of para-hydroxylation sites is 1. The van der Waals surface area contributed by atoms with Crippen molar-refractivity contribution in [3.63, 3.8) is 0 Å². The second-order valence-corrected chi connectivity index (χ2v) is 5.78. The zero-order valence-electron chi connectivity index (χ0n) is 11.0. The Balaban J connectivity index is 1.71. The molecule has 2 heteroatoms. The van der Waals surface area contributed by atoms with Crippen molar-refractivity contribution >= 4 is 11.6 Å². The van der Waals surface area contributed by atoms with Gasteiger partial charge in [-0.15, -0.1) is 0 Å². The Morgan fingerprint density at radius 1 is 1.28 bits per heavy atom. The highest BCUT2D eigenvalue weighted by molar-refractivity contribution is 5.93. The molecule has 0 aromatic heterocycles. The first-order valence-corrected chi connectivity index (χ1v) is 7.16. The fraction of sp³-hybridized carbons (Fsp3) is 0.562. The number of amides is 1. The van der Waals surface area contributed by atoms with E-state index in [0.717, 1.165) is 24.4 Å². The maximum absolute atomic E-state index is 12.4. The lowest BCUT2D eigenvalue weighted by Gasteiger charge is -2.21. The molecule has 96 valence electrons. The minimum absolute atomic E-state index is 0.253. The average Bonchev–Trinajstić information content (AvgIpc) is 3.01. The van der Waals surface area contributed by atoms with E-state index >= 15 is 0 Å². The summed E-state index contributed by atoms with van der Waals surface area (Å²) in [6.07, 6.45) is 5.98. The molecule has 2 aliphatic carbocycles. The number of rotatable bonds is 3. The van der Waals surface area contributed by atoms with Crippen molar-refractivity contribution in [3.05, 3.63) is 29.8 Å². The molecule has 0 spiro atoms. The molecule has 1 aromatic rings. The maximum Gasteiger partial charge on any atom is 0.227 e. The van der Waals surface area contributed by atoms with Crippen molar-refractivity contribution in [3.8, 4) is 0 Å². The van der Waals surface area contributed by atoms with E-state index in [9.17, 15) is 4.79 Å². The summed E-state index contributed by atoms with van der Waals surface area (Å²) in [6, 6.07) is 8.14. The second kappa shape index (κ2) is 4.75. The van der Waals surface area contributed by atoms with Crippen LogP contribution in [0.1, 0.15) is 38.2 Å². The van der Waals surface area contributed by atoms with E-state index in [1.165, 1.54) is 24.8 Å². The van der Waals surface area contributed by atoms with E-state index in [1.807, 2.05) is 18.2 Å². The van der Waals surface area contributed by atoms with Gasteiger partial charge in [0.1, 0.15) is 0 Å². The van der Waals surface area contributed by atoms with Crippen LogP contribution in [0.15, 0.2) is 24.3 Å². The minimum atomic E-state index is 0.253. The zero-order valence-corrected chi connectivity index (χ0v) is 11.0. The summed E-state index contributed by atoms with van der Waals surface area (Å²) in [4.78, 5) is 12.4. The van der Waals surface area contributed by atoms with Crippen LogP contribution in [-0.4, -0.2) is 5.91 Å². The SMILES string of the molecule is CCc1ccccc1NC(=O)[C@H]1C[C@H]2CC[C@H]1C2. The topological polar surface area (TPSA) is 29.1 Å². The van der Waals surface area contributed by atoms with Crippen LogP contribution < -0.4 is 5.32 Å². The van der Waals surface area contributed by atoms with Crippen LogP contribution in [0.2, 0.25) is 0 Å². The lowest BCUT2D eigenvalue weighted by atomic mass is 9.88. The van der Waals surface area contributed by atoms with Gasteiger partial charge in [0, 0.05) is 11.6 Å². The first-order valence-electron chi connectivity index (χ1n) is 7.16. The van der Waals surface area contributed by atoms with Crippen molar-refractivity contribution in [1.29, 1.82) is 0 Å². The maximum atomic E-state index is 12.4. The van der Waals surface area contributed by atoms with Gasteiger partial charge in [0.2, 0.25) is 5.91 Å². The molecule has 2 fully saturated rings. The Hall–Kier alpha value is -1.31. The molecule has 0 aliphatic heterocycles. The van der Waals surface area contributed by atoms with Gasteiger partial charge < -0.3 is 5.32 Å². The number of hydrogen-bond donors (Lipinski definition) is 1. The Labute approximate surface area is 109 Å². The molecule has 18 heavy (non-hydrogen) atoms. The van der Waals surface area contributed by atoms with Gasteiger partial charge in [-0.05, 0) is 49.1 Å². The number of carbonyl (C=O) groups is 1. The van der Waals surface area contributed by atoms with Gasteiger partial charge in [0.25, 0.3) is 0 Å². The molecule has 0 saturated heterocycles. The van der Waals surface area contributed by atoms with Crippen molar-refractivity contribution < 1.29 is 4.79 Å². The monoisotopic (exact) mass is 243 g/mol. The second-order valence-electron chi connectivity index (χ2n) is 5.78. The van der Waals surface area contributed by atoms with Gasteiger partial charge in [-0.2, -0.15) is 0 Å². The average molecular weight is 243 g/mol. The fourth-order valence-corrected chi connectivity index (χ4v) is 3.74. The van der Waals surface area contributed by atoms with Gasteiger partial charge in [-0.3, -0.25) is 4.79 Å². The van der Waals surface area contributed by atoms with Gasteiger partial charge >= 0.3 is 0 Å². The zero-order chi connectivity index (χ0) is 12.5. The molecule has 0 unspecified atom stereocenters. The number of benzene rings is 1. The van der Waals surface area contributed by atoms with Gasteiger partial charge in [-0.1, -0.05) is 31.5 Å². The molecule has 2 bridgehead atoms. The molecule has 0 heterocycles. The first-order chi connectivity index (χ1) is 8.78. The van der Waals surface area contributed by atoms with E-state index in [1.54, 1.807) is 0 Å².